The Morgan fingerprint density at radius 2 is 1.65 bits per heavy atom. The van der Waals surface area contributed by atoms with Crippen LogP contribution in [0.5, 0.6) is 0 Å². The molecule has 0 radical (unpaired) electrons. The van der Waals surface area contributed by atoms with Gasteiger partial charge in [0.2, 0.25) is 0 Å². The third kappa shape index (κ3) is 3.07. The first-order valence-electron chi connectivity index (χ1n) is 7.88. The van der Waals surface area contributed by atoms with Crippen molar-refractivity contribution in [2.45, 2.75) is 13.8 Å². The summed E-state index contributed by atoms with van der Waals surface area (Å²) in [5.41, 5.74) is 7.29. The molecule has 2 heteroatoms. The smallest absolute Gasteiger partial charge is 0.0871 e. The zero-order valence-electron chi connectivity index (χ0n) is 13.8. The number of allylic oxidation sites excluding steroid dienone is 4. The Kier molecular flexibility index (Phi) is 4.33. The van der Waals surface area contributed by atoms with Gasteiger partial charge in [-0.3, -0.25) is 0 Å². The maximum absolute atomic E-state index is 4.15. The second kappa shape index (κ2) is 6.57. The fraction of sp³-hybridized carbons (Fsp3) is 0.143. The molecule has 23 heavy (non-hydrogen) atoms. The van der Waals surface area contributed by atoms with E-state index in [0.717, 1.165) is 5.70 Å². The standard InChI is InChI=1S/C21H21N2/c1-4-8-16(5-2)17-9-6-10-18(13-17)19-11-7-12-20(14-19)21-15-22-23(21)3/h4-15H,1-3H3/q+1/b8-4-,16-5+. The third-order valence-electron chi connectivity index (χ3n) is 4.05. The molecule has 0 spiro atoms. The van der Waals surface area contributed by atoms with Gasteiger partial charge in [-0.1, -0.05) is 53.3 Å². The molecule has 0 amide bonds. The normalized spacial score (nSPS) is 14.5. The van der Waals surface area contributed by atoms with E-state index in [2.05, 4.69) is 78.8 Å². The summed E-state index contributed by atoms with van der Waals surface area (Å²) in [4.78, 5) is 0. The van der Waals surface area contributed by atoms with E-state index in [0.29, 0.717) is 0 Å². The molecule has 0 saturated carbocycles. The number of nitrogens with zero attached hydrogens (tertiary/aromatic N) is 2. The van der Waals surface area contributed by atoms with Crippen LogP contribution in [0.15, 0.2) is 78.1 Å². The van der Waals surface area contributed by atoms with E-state index in [1.165, 1.54) is 27.8 Å². The molecule has 2 aromatic rings. The fourth-order valence-corrected chi connectivity index (χ4v) is 2.77. The van der Waals surface area contributed by atoms with Gasteiger partial charge in [-0.2, -0.15) is 0 Å². The second-order valence-electron chi connectivity index (χ2n) is 5.56. The third-order valence-corrected chi connectivity index (χ3v) is 4.05. The van der Waals surface area contributed by atoms with Crippen molar-refractivity contribution in [2.75, 3.05) is 7.05 Å². The maximum Gasteiger partial charge on any atom is 0.263 e. The predicted octanol–water partition coefficient (Wildman–Crippen LogP) is 5.74. The van der Waals surface area contributed by atoms with Gasteiger partial charge in [0.05, 0.1) is 5.56 Å². The molecule has 0 atom stereocenters. The van der Waals surface area contributed by atoms with Crippen LogP contribution in [0.2, 0.25) is 0 Å². The lowest BCUT2D eigenvalue weighted by molar-refractivity contribution is -0.486. The van der Waals surface area contributed by atoms with Crippen LogP contribution in [-0.2, 0) is 0 Å². The number of benzene rings is 2. The predicted molar refractivity (Wildman–Crippen MR) is 96.9 cm³/mol. The number of hydrogen-bond donors (Lipinski definition) is 0. The SMILES string of the molecule is C/C=C\C(=C/C)c1cccc(-c2cccc(C3=CN=[N+]3C)c2)c1. The molecular weight excluding hydrogens is 280 g/mol. The Hall–Kier alpha value is -2.74. The average molecular weight is 301 g/mol. The number of rotatable bonds is 4. The minimum atomic E-state index is 1.16. The first kappa shape index (κ1) is 15.2. The second-order valence-corrected chi connectivity index (χ2v) is 5.56. The van der Waals surface area contributed by atoms with Crippen LogP contribution >= 0.6 is 0 Å². The van der Waals surface area contributed by atoms with Crippen molar-refractivity contribution in [3.05, 3.63) is 84.1 Å². The highest BCUT2D eigenvalue weighted by atomic mass is 15.3. The van der Waals surface area contributed by atoms with Crippen LogP contribution in [0, 0.1) is 0 Å². The van der Waals surface area contributed by atoms with Crippen molar-refractivity contribution >= 4 is 11.3 Å². The molecule has 0 bridgehead atoms. The van der Waals surface area contributed by atoms with E-state index < -0.39 is 0 Å². The highest BCUT2D eigenvalue weighted by Crippen LogP contribution is 2.28. The van der Waals surface area contributed by atoms with Crippen LogP contribution in [0.25, 0.3) is 22.4 Å². The molecule has 1 heterocycles. The summed E-state index contributed by atoms with van der Waals surface area (Å²) < 4.78 is 1.90. The quantitative estimate of drug-likeness (QED) is 0.505. The lowest BCUT2D eigenvalue weighted by Gasteiger charge is -2.09. The van der Waals surface area contributed by atoms with Gasteiger partial charge in [-0.15, -0.1) is 0 Å². The maximum atomic E-state index is 4.15. The molecule has 0 fully saturated rings. The van der Waals surface area contributed by atoms with Gasteiger partial charge < -0.3 is 0 Å². The molecule has 3 rings (SSSR count). The van der Waals surface area contributed by atoms with E-state index in [-0.39, 0.29) is 0 Å². The molecule has 1 aliphatic heterocycles. The van der Waals surface area contributed by atoms with Crippen LogP contribution in [0.3, 0.4) is 0 Å². The van der Waals surface area contributed by atoms with E-state index in [4.69, 9.17) is 0 Å². The molecule has 0 saturated heterocycles. The molecule has 2 nitrogen and oxygen atoms in total. The number of azo groups is 2. The number of hydrogen-bond acceptors (Lipinski definition) is 1. The van der Waals surface area contributed by atoms with Gasteiger partial charge in [-0.25, -0.2) is 0 Å². The van der Waals surface area contributed by atoms with Gasteiger partial charge in [0.15, 0.2) is 13.2 Å². The molecule has 1 aliphatic rings. The summed E-state index contributed by atoms with van der Waals surface area (Å²) in [7, 11) is 1.97. The Bertz CT molecular complexity index is 852. The van der Waals surface area contributed by atoms with Gasteiger partial charge >= 0.3 is 0 Å². The van der Waals surface area contributed by atoms with E-state index >= 15 is 0 Å². The molecule has 0 aromatic heterocycles. The van der Waals surface area contributed by atoms with Crippen LogP contribution < -0.4 is 0 Å². The minimum absolute atomic E-state index is 1.16. The summed E-state index contributed by atoms with van der Waals surface area (Å²) >= 11 is 0. The Morgan fingerprint density at radius 3 is 2.26 bits per heavy atom. The lowest BCUT2D eigenvalue weighted by atomic mass is 9.97. The molecular formula is C21H21N2+. The molecule has 2 aromatic carbocycles. The summed E-state index contributed by atoms with van der Waals surface area (Å²) in [6, 6.07) is 17.3. The first-order valence-corrected chi connectivity index (χ1v) is 7.88. The van der Waals surface area contributed by atoms with Crippen LogP contribution in [0.4, 0.5) is 0 Å². The molecule has 0 unspecified atom stereocenters. The fourth-order valence-electron chi connectivity index (χ4n) is 2.77. The van der Waals surface area contributed by atoms with Gasteiger partial charge in [0.1, 0.15) is 0 Å². The summed E-state index contributed by atoms with van der Waals surface area (Å²) in [5.74, 6) is 0. The van der Waals surface area contributed by atoms with Crippen molar-refractivity contribution in [1.82, 2.24) is 0 Å². The Balaban J connectivity index is 1.98. The first-order chi connectivity index (χ1) is 11.2. The summed E-state index contributed by atoms with van der Waals surface area (Å²) in [6.07, 6.45) is 8.26. The minimum Gasteiger partial charge on any atom is -0.0871 e. The van der Waals surface area contributed by atoms with Crippen molar-refractivity contribution < 1.29 is 4.70 Å². The largest absolute Gasteiger partial charge is 0.263 e. The monoisotopic (exact) mass is 301 g/mol. The van der Waals surface area contributed by atoms with Crippen LogP contribution in [-0.4, -0.2) is 11.7 Å². The van der Waals surface area contributed by atoms with Crippen LogP contribution in [0.1, 0.15) is 25.0 Å². The van der Waals surface area contributed by atoms with Crippen molar-refractivity contribution in [1.29, 1.82) is 0 Å². The lowest BCUT2D eigenvalue weighted by Crippen LogP contribution is -2.07. The van der Waals surface area contributed by atoms with E-state index in [1.54, 1.807) is 0 Å². The summed E-state index contributed by atoms with van der Waals surface area (Å²) in [5, 5.41) is 4.15. The van der Waals surface area contributed by atoms with E-state index in [1.807, 2.05) is 24.9 Å². The molecule has 114 valence electrons. The van der Waals surface area contributed by atoms with E-state index in [9.17, 15) is 0 Å². The Labute approximate surface area is 137 Å². The average Bonchev–Trinajstić information content (AvgIpc) is 2.58. The highest BCUT2D eigenvalue weighted by molar-refractivity contribution is 5.78. The van der Waals surface area contributed by atoms with Gasteiger partial charge in [0.25, 0.3) is 5.70 Å². The molecule has 0 aliphatic carbocycles. The molecule has 0 N–H and O–H groups in total. The van der Waals surface area contributed by atoms with Crippen molar-refractivity contribution in [3.8, 4) is 11.1 Å². The van der Waals surface area contributed by atoms with Crippen molar-refractivity contribution in [3.63, 3.8) is 0 Å². The zero-order chi connectivity index (χ0) is 16.2. The summed E-state index contributed by atoms with van der Waals surface area (Å²) in [6.45, 7) is 4.12. The van der Waals surface area contributed by atoms with Crippen molar-refractivity contribution in [2.24, 2.45) is 5.11 Å². The highest BCUT2D eigenvalue weighted by Gasteiger charge is 2.20. The Morgan fingerprint density at radius 1 is 0.957 bits per heavy atom. The van der Waals surface area contributed by atoms with Gasteiger partial charge in [-0.05, 0) is 59.4 Å². The zero-order valence-corrected chi connectivity index (χ0v) is 13.8. The van der Waals surface area contributed by atoms with Gasteiger partial charge in [0, 0.05) is 0 Å². The topological polar surface area (TPSA) is 15.4 Å².